The maximum atomic E-state index is 11.3. The Morgan fingerprint density at radius 1 is 1.21 bits per heavy atom. The predicted molar refractivity (Wildman–Crippen MR) is 74.7 cm³/mol. The number of hydrogen-bond acceptors (Lipinski definition) is 4. The Labute approximate surface area is 114 Å². The molecule has 4 nitrogen and oxygen atoms in total. The van der Waals surface area contributed by atoms with Crippen molar-refractivity contribution in [3.05, 3.63) is 29.8 Å². The van der Waals surface area contributed by atoms with E-state index in [1.807, 2.05) is 12.1 Å². The third-order valence-corrected chi connectivity index (χ3v) is 4.80. The van der Waals surface area contributed by atoms with E-state index in [0.29, 0.717) is 18.0 Å². The first-order valence-corrected chi connectivity index (χ1v) is 8.50. The fourth-order valence-corrected chi connectivity index (χ4v) is 3.13. The van der Waals surface area contributed by atoms with Crippen molar-refractivity contribution in [3.63, 3.8) is 0 Å². The number of rotatable bonds is 5. The van der Waals surface area contributed by atoms with Crippen LogP contribution in [0.4, 0.5) is 0 Å². The lowest BCUT2D eigenvalue weighted by Crippen LogP contribution is -2.37. The summed E-state index contributed by atoms with van der Waals surface area (Å²) in [7, 11) is -3.12. The van der Waals surface area contributed by atoms with Gasteiger partial charge in [0, 0.05) is 19.3 Å². The fraction of sp³-hybridized carbons (Fsp3) is 0.571. The van der Waals surface area contributed by atoms with Crippen LogP contribution in [-0.4, -0.2) is 31.9 Å². The lowest BCUT2D eigenvalue weighted by atomic mass is 10.0. The van der Waals surface area contributed by atoms with Gasteiger partial charge in [-0.05, 0) is 30.5 Å². The minimum absolute atomic E-state index is 0.339. The van der Waals surface area contributed by atoms with Crippen LogP contribution in [0.3, 0.4) is 0 Å². The van der Waals surface area contributed by atoms with Crippen LogP contribution in [0.5, 0.6) is 0 Å². The highest BCUT2D eigenvalue weighted by Gasteiger charge is 2.30. The normalized spacial score (nSPS) is 18.6. The van der Waals surface area contributed by atoms with Crippen molar-refractivity contribution in [1.29, 1.82) is 0 Å². The molecule has 0 radical (unpaired) electrons. The van der Waals surface area contributed by atoms with Gasteiger partial charge < -0.3 is 10.4 Å². The van der Waals surface area contributed by atoms with Gasteiger partial charge in [0.15, 0.2) is 9.84 Å². The smallest absolute Gasteiger partial charge is 0.175 e. The zero-order valence-electron chi connectivity index (χ0n) is 11.2. The molecule has 0 amide bonds. The minimum atomic E-state index is -3.12. The van der Waals surface area contributed by atoms with E-state index in [0.717, 1.165) is 31.2 Å². The highest BCUT2D eigenvalue weighted by Crippen LogP contribution is 2.28. The summed E-state index contributed by atoms with van der Waals surface area (Å²) < 4.78 is 22.7. The maximum Gasteiger partial charge on any atom is 0.175 e. The quantitative estimate of drug-likeness (QED) is 0.859. The largest absolute Gasteiger partial charge is 0.389 e. The van der Waals surface area contributed by atoms with Crippen LogP contribution in [0.25, 0.3) is 0 Å². The minimum Gasteiger partial charge on any atom is -0.389 e. The van der Waals surface area contributed by atoms with Gasteiger partial charge in [0.1, 0.15) is 0 Å². The fourth-order valence-electron chi connectivity index (χ4n) is 2.50. The molecule has 1 fully saturated rings. The summed E-state index contributed by atoms with van der Waals surface area (Å²) in [5, 5.41) is 13.4. The van der Waals surface area contributed by atoms with Gasteiger partial charge in [0.25, 0.3) is 0 Å². The molecular formula is C14H21NO3S. The van der Waals surface area contributed by atoms with Crippen molar-refractivity contribution in [2.45, 2.75) is 42.7 Å². The average Bonchev–Trinajstić information content (AvgIpc) is 2.76. The molecule has 0 aliphatic heterocycles. The molecule has 1 aromatic carbocycles. The first-order valence-electron chi connectivity index (χ1n) is 6.61. The molecule has 0 heterocycles. The van der Waals surface area contributed by atoms with Gasteiger partial charge in [0.2, 0.25) is 0 Å². The molecule has 1 aromatic rings. The van der Waals surface area contributed by atoms with E-state index in [9.17, 15) is 13.5 Å². The van der Waals surface area contributed by atoms with E-state index in [4.69, 9.17) is 0 Å². The van der Waals surface area contributed by atoms with Gasteiger partial charge in [0.05, 0.1) is 10.5 Å². The van der Waals surface area contributed by atoms with E-state index < -0.39 is 15.4 Å². The summed E-state index contributed by atoms with van der Waals surface area (Å²) in [5.74, 6) is 0. The molecule has 0 unspecified atom stereocenters. The molecule has 2 rings (SSSR count). The van der Waals surface area contributed by atoms with Crippen LogP contribution < -0.4 is 5.32 Å². The zero-order chi connectivity index (χ0) is 13.9. The Morgan fingerprint density at radius 2 is 1.79 bits per heavy atom. The number of aliphatic hydroxyl groups is 1. The molecule has 19 heavy (non-hydrogen) atoms. The second-order valence-corrected chi connectivity index (χ2v) is 7.47. The van der Waals surface area contributed by atoms with E-state index in [-0.39, 0.29) is 0 Å². The van der Waals surface area contributed by atoms with Crippen molar-refractivity contribution in [3.8, 4) is 0 Å². The average molecular weight is 283 g/mol. The van der Waals surface area contributed by atoms with E-state index in [1.54, 1.807) is 12.1 Å². The van der Waals surface area contributed by atoms with E-state index in [2.05, 4.69) is 5.32 Å². The van der Waals surface area contributed by atoms with Crippen molar-refractivity contribution >= 4 is 9.84 Å². The molecule has 1 saturated carbocycles. The Morgan fingerprint density at radius 3 is 2.32 bits per heavy atom. The van der Waals surface area contributed by atoms with Gasteiger partial charge in [-0.25, -0.2) is 8.42 Å². The molecule has 1 aliphatic carbocycles. The Balaban J connectivity index is 1.87. The topological polar surface area (TPSA) is 66.4 Å². The molecule has 5 heteroatoms. The second-order valence-electron chi connectivity index (χ2n) is 5.45. The highest BCUT2D eigenvalue weighted by molar-refractivity contribution is 7.90. The summed E-state index contributed by atoms with van der Waals surface area (Å²) in [6, 6.07) is 6.86. The van der Waals surface area contributed by atoms with E-state index in [1.165, 1.54) is 6.26 Å². The number of nitrogens with one attached hydrogen (secondary N) is 1. The van der Waals surface area contributed by atoms with Crippen LogP contribution in [0.15, 0.2) is 29.2 Å². The van der Waals surface area contributed by atoms with Crippen molar-refractivity contribution in [2.24, 2.45) is 0 Å². The summed E-state index contributed by atoms with van der Waals surface area (Å²) in [5.41, 5.74) is 0.473. The molecule has 1 aliphatic rings. The van der Waals surface area contributed by atoms with E-state index >= 15 is 0 Å². The Bertz CT molecular complexity index is 516. The number of hydrogen-bond donors (Lipinski definition) is 2. The molecule has 0 aromatic heterocycles. The summed E-state index contributed by atoms with van der Waals surface area (Å²) >= 11 is 0. The Kier molecular flexibility index (Phi) is 4.28. The lowest BCUT2D eigenvalue weighted by Gasteiger charge is -2.22. The first kappa shape index (κ1) is 14.5. The summed E-state index contributed by atoms with van der Waals surface area (Å²) in [6.45, 7) is 1.24. The van der Waals surface area contributed by atoms with Gasteiger partial charge in [-0.2, -0.15) is 0 Å². The highest BCUT2D eigenvalue weighted by atomic mass is 32.2. The van der Waals surface area contributed by atoms with Crippen LogP contribution in [0.2, 0.25) is 0 Å². The van der Waals surface area contributed by atoms with Crippen LogP contribution in [-0.2, 0) is 16.4 Å². The third kappa shape index (κ3) is 4.03. The van der Waals surface area contributed by atoms with Crippen molar-refractivity contribution in [1.82, 2.24) is 5.32 Å². The standard InChI is InChI=1S/C14H21NO3S/c1-19(17,18)13-6-4-12(5-7-13)10-15-11-14(16)8-2-3-9-14/h4-7,15-16H,2-3,8-11H2,1H3. The summed E-state index contributed by atoms with van der Waals surface area (Å²) in [4.78, 5) is 0.339. The molecule has 0 atom stereocenters. The molecule has 0 saturated heterocycles. The number of sulfone groups is 1. The lowest BCUT2D eigenvalue weighted by molar-refractivity contribution is 0.0475. The van der Waals surface area contributed by atoms with Crippen molar-refractivity contribution < 1.29 is 13.5 Å². The monoisotopic (exact) mass is 283 g/mol. The van der Waals surface area contributed by atoms with Crippen LogP contribution in [0.1, 0.15) is 31.2 Å². The Hall–Kier alpha value is -0.910. The van der Waals surface area contributed by atoms with Crippen LogP contribution in [0, 0.1) is 0 Å². The zero-order valence-corrected chi connectivity index (χ0v) is 12.0. The molecular weight excluding hydrogens is 262 g/mol. The van der Waals surface area contributed by atoms with Gasteiger partial charge in [-0.15, -0.1) is 0 Å². The maximum absolute atomic E-state index is 11.3. The second kappa shape index (κ2) is 5.61. The van der Waals surface area contributed by atoms with Gasteiger partial charge in [-0.1, -0.05) is 25.0 Å². The van der Waals surface area contributed by atoms with Crippen molar-refractivity contribution in [2.75, 3.05) is 12.8 Å². The van der Waals surface area contributed by atoms with Gasteiger partial charge >= 0.3 is 0 Å². The first-order chi connectivity index (χ1) is 8.89. The number of benzene rings is 1. The predicted octanol–water partition coefficient (Wildman–Crippen LogP) is 1.48. The summed E-state index contributed by atoms with van der Waals surface area (Å²) in [6.07, 6.45) is 5.14. The molecule has 0 bridgehead atoms. The molecule has 2 N–H and O–H groups in total. The molecule has 0 spiro atoms. The van der Waals surface area contributed by atoms with Crippen LogP contribution >= 0.6 is 0 Å². The third-order valence-electron chi connectivity index (χ3n) is 3.67. The SMILES string of the molecule is CS(=O)(=O)c1ccc(CNCC2(O)CCCC2)cc1. The molecule has 106 valence electrons. The van der Waals surface area contributed by atoms with Gasteiger partial charge in [-0.3, -0.25) is 0 Å².